The van der Waals surface area contributed by atoms with Crippen LogP contribution in [0.1, 0.15) is 11.5 Å². The number of amides is 1. The van der Waals surface area contributed by atoms with Crippen LogP contribution in [0.15, 0.2) is 59.1 Å². The molecule has 0 saturated carbocycles. The summed E-state index contributed by atoms with van der Waals surface area (Å²) in [6, 6.07) is 5.98. The van der Waals surface area contributed by atoms with Crippen molar-refractivity contribution in [3.63, 3.8) is 0 Å². The molecule has 0 radical (unpaired) electrons. The summed E-state index contributed by atoms with van der Waals surface area (Å²) in [7, 11) is 0. The Bertz CT molecular complexity index is 1150. The van der Waals surface area contributed by atoms with Crippen molar-refractivity contribution in [2.75, 3.05) is 11.9 Å². The average molecular weight is 485 g/mol. The molecule has 32 heavy (non-hydrogen) atoms. The molecule has 0 bridgehead atoms. The van der Waals surface area contributed by atoms with E-state index in [-0.39, 0.29) is 23.0 Å². The van der Waals surface area contributed by atoms with Crippen molar-refractivity contribution in [3.8, 4) is 5.75 Å². The molecule has 0 atom stereocenters. The molecule has 3 N–H and O–H groups in total. The first-order valence-corrected chi connectivity index (χ1v) is 9.75. The Kier molecular flexibility index (Phi) is 6.94. The van der Waals surface area contributed by atoms with Gasteiger partial charge in [0, 0.05) is 23.5 Å². The molecule has 0 saturated heterocycles. The summed E-state index contributed by atoms with van der Waals surface area (Å²) in [6.07, 6.45) is 1.45. The minimum absolute atomic E-state index is 0. The van der Waals surface area contributed by atoms with Crippen LogP contribution in [0.25, 0.3) is 5.57 Å². The maximum atomic E-state index is 13.0. The summed E-state index contributed by atoms with van der Waals surface area (Å²) in [4.78, 5) is 24.0. The zero-order valence-electron chi connectivity index (χ0n) is 16.2. The molecule has 0 fully saturated rings. The van der Waals surface area contributed by atoms with Gasteiger partial charge in [0.15, 0.2) is 5.82 Å². The Labute approximate surface area is 190 Å². The minimum atomic E-state index is -4.67. The number of ether oxygens (including phenoxy) is 1. The fraction of sp³-hybridized carbons (Fsp3) is 0.158. The SMILES string of the molecule is Cl.NC(=O)/C(=C1\Nc2ccc(OCCn3ccnc3)cc2S1)c1nccc(C(F)(F)F)n1. The number of fused-ring (bicyclic) bond motifs is 1. The number of alkyl halides is 3. The third-order valence-electron chi connectivity index (χ3n) is 4.23. The second kappa shape index (κ2) is 9.49. The Morgan fingerprint density at radius 1 is 1.25 bits per heavy atom. The highest BCUT2D eigenvalue weighted by Gasteiger charge is 2.34. The Morgan fingerprint density at radius 2 is 2.06 bits per heavy atom. The zero-order valence-corrected chi connectivity index (χ0v) is 17.8. The number of aromatic nitrogens is 4. The maximum Gasteiger partial charge on any atom is 0.433 e. The number of carbonyl (C=O) groups is 1. The third kappa shape index (κ3) is 5.14. The van der Waals surface area contributed by atoms with Gasteiger partial charge in [-0.1, -0.05) is 11.8 Å². The predicted octanol–water partition coefficient (Wildman–Crippen LogP) is 3.56. The summed E-state index contributed by atoms with van der Waals surface area (Å²) in [5.41, 5.74) is 4.71. The second-order valence-corrected chi connectivity index (χ2v) is 7.42. The number of nitrogens with two attached hydrogens (primary N) is 1. The normalized spacial score (nSPS) is 14.2. The number of anilines is 1. The quantitative estimate of drug-likeness (QED) is 0.515. The van der Waals surface area contributed by atoms with Gasteiger partial charge in [-0.3, -0.25) is 4.79 Å². The topological polar surface area (TPSA) is 108 Å². The number of nitrogens with one attached hydrogen (secondary N) is 1. The van der Waals surface area contributed by atoms with Crippen molar-refractivity contribution >= 4 is 41.3 Å². The van der Waals surface area contributed by atoms with Crippen molar-refractivity contribution in [1.82, 2.24) is 19.5 Å². The monoisotopic (exact) mass is 484 g/mol. The lowest BCUT2D eigenvalue weighted by molar-refractivity contribution is -0.141. The van der Waals surface area contributed by atoms with Gasteiger partial charge in [-0.05, 0) is 24.3 Å². The molecule has 0 aliphatic carbocycles. The largest absolute Gasteiger partial charge is 0.492 e. The summed E-state index contributed by atoms with van der Waals surface area (Å²) >= 11 is 1.14. The van der Waals surface area contributed by atoms with E-state index in [2.05, 4.69) is 20.3 Å². The smallest absolute Gasteiger partial charge is 0.433 e. The molecule has 2 aromatic heterocycles. The van der Waals surface area contributed by atoms with Gasteiger partial charge in [-0.2, -0.15) is 13.2 Å². The van der Waals surface area contributed by atoms with Crippen molar-refractivity contribution in [2.24, 2.45) is 5.73 Å². The molecule has 13 heteroatoms. The Morgan fingerprint density at radius 3 is 2.75 bits per heavy atom. The first-order chi connectivity index (χ1) is 14.8. The van der Waals surface area contributed by atoms with Crippen LogP contribution in [0.3, 0.4) is 0 Å². The first-order valence-electron chi connectivity index (χ1n) is 8.93. The van der Waals surface area contributed by atoms with E-state index in [1.165, 1.54) is 0 Å². The maximum absolute atomic E-state index is 13.0. The minimum Gasteiger partial charge on any atom is -0.492 e. The molecular weight excluding hydrogens is 469 g/mol. The van der Waals surface area contributed by atoms with Gasteiger partial charge in [0.05, 0.1) is 23.6 Å². The molecule has 1 amide bonds. The van der Waals surface area contributed by atoms with Crippen molar-refractivity contribution in [3.05, 3.63) is 65.7 Å². The van der Waals surface area contributed by atoms with E-state index >= 15 is 0 Å². The van der Waals surface area contributed by atoms with Crippen molar-refractivity contribution in [2.45, 2.75) is 17.6 Å². The third-order valence-corrected chi connectivity index (χ3v) is 5.30. The van der Waals surface area contributed by atoms with Gasteiger partial charge >= 0.3 is 6.18 Å². The number of halogens is 4. The van der Waals surface area contributed by atoms with E-state index in [0.29, 0.717) is 24.6 Å². The molecule has 168 valence electrons. The van der Waals surface area contributed by atoms with Gasteiger partial charge in [0.25, 0.3) is 5.91 Å². The average Bonchev–Trinajstić information content (AvgIpc) is 3.37. The summed E-state index contributed by atoms with van der Waals surface area (Å²) in [6.45, 7) is 1.03. The van der Waals surface area contributed by atoms with Crippen LogP contribution >= 0.6 is 24.2 Å². The van der Waals surface area contributed by atoms with E-state index in [9.17, 15) is 18.0 Å². The lowest BCUT2D eigenvalue weighted by Crippen LogP contribution is -2.19. The standard InChI is InChI=1S/C19H15F3N6O2S.ClH/c20-19(21,22)14-3-4-25-17(27-14)15(16(23)29)18-26-12-2-1-11(9-13(12)31-18)30-8-7-28-6-5-24-10-28;/h1-6,9-10,26H,7-8H2,(H2,23,29);1H/b18-15-;. The van der Waals surface area contributed by atoms with Crippen LogP contribution in [-0.2, 0) is 17.5 Å². The molecule has 1 aliphatic rings. The van der Waals surface area contributed by atoms with Crippen LogP contribution in [0.4, 0.5) is 18.9 Å². The van der Waals surface area contributed by atoms with Gasteiger partial charge in [-0.15, -0.1) is 12.4 Å². The fourth-order valence-electron chi connectivity index (χ4n) is 2.80. The van der Waals surface area contributed by atoms with Crippen LogP contribution < -0.4 is 15.8 Å². The predicted molar refractivity (Wildman–Crippen MR) is 114 cm³/mol. The molecule has 8 nitrogen and oxygen atoms in total. The highest BCUT2D eigenvalue weighted by atomic mass is 35.5. The van der Waals surface area contributed by atoms with Crippen LogP contribution in [0, 0.1) is 0 Å². The number of primary amides is 1. The number of nitrogens with zero attached hydrogens (tertiary/aromatic N) is 4. The van der Waals surface area contributed by atoms with Gasteiger partial charge in [0.2, 0.25) is 0 Å². The fourth-order valence-corrected chi connectivity index (χ4v) is 3.88. The lowest BCUT2D eigenvalue weighted by atomic mass is 10.2. The van der Waals surface area contributed by atoms with Gasteiger partial charge < -0.3 is 20.4 Å². The second-order valence-electron chi connectivity index (χ2n) is 6.37. The van der Waals surface area contributed by atoms with E-state index in [1.54, 1.807) is 30.7 Å². The summed E-state index contributed by atoms with van der Waals surface area (Å²) in [5.74, 6) is -0.744. The number of hydrogen-bond donors (Lipinski definition) is 2. The Hall–Kier alpha value is -3.25. The molecule has 3 heterocycles. The van der Waals surface area contributed by atoms with Gasteiger partial charge in [0.1, 0.15) is 23.6 Å². The van der Waals surface area contributed by atoms with Crippen molar-refractivity contribution in [1.29, 1.82) is 0 Å². The number of benzene rings is 1. The van der Waals surface area contributed by atoms with E-state index in [0.717, 1.165) is 28.9 Å². The zero-order chi connectivity index (χ0) is 22.0. The van der Waals surface area contributed by atoms with E-state index < -0.39 is 23.6 Å². The lowest BCUT2D eigenvalue weighted by Gasteiger charge is -2.09. The number of imidazole rings is 1. The molecular formula is C19H16ClF3N6O2S. The molecule has 1 aromatic carbocycles. The molecule has 4 rings (SSSR count). The van der Waals surface area contributed by atoms with Crippen LogP contribution in [0.5, 0.6) is 5.75 Å². The number of carbonyl (C=O) groups excluding carboxylic acids is 1. The van der Waals surface area contributed by atoms with Gasteiger partial charge in [-0.25, -0.2) is 15.0 Å². The molecule has 1 aliphatic heterocycles. The summed E-state index contributed by atoms with van der Waals surface area (Å²) in [5, 5.41) is 3.24. The highest BCUT2D eigenvalue weighted by molar-refractivity contribution is 8.04. The number of rotatable bonds is 6. The van der Waals surface area contributed by atoms with Crippen LogP contribution in [0.2, 0.25) is 0 Å². The van der Waals surface area contributed by atoms with E-state index in [4.69, 9.17) is 10.5 Å². The number of hydrogen-bond acceptors (Lipinski definition) is 7. The highest BCUT2D eigenvalue weighted by Crippen LogP contribution is 2.45. The molecule has 0 spiro atoms. The van der Waals surface area contributed by atoms with E-state index in [1.807, 2.05) is 10.8 Å². The molecule has 3 aromatic rings. The summed E-state index contributed by atoms with van der Waals surface area (Å²) < 4.78 is 46.6. The van der Waals surface area contributed by atoms with Crippen molar-refractivity contribution < 1.29 is 22.7 Å². The first kappa shape index (κ1) is 23.4. The van der Waals surface area contributed by atoms with Crippen LogP contribution in [-0.4, -0.2) is 32.0 Å². The number of thioether (sulfide) groups is 1. The molecule has 0 unspecified atom stereocenters. The Balaban J connectivity index is 0.00000289.